The van der Waals surface area contributed by atoms with E-state index in [2.05, 4.69) is 15.3 Å². The fraction of sp³-hybridized carbons (Fsp3) is 0.143. The Morgan fingerprint density at radius 2 is 2.30 bits per heavy atom. The first-order valence-electron chi connectivity index (χ1n) is 6.07. The highest BCUT2D eigenvalue weighted by Crippen LogP contribution is 2.32. The number of rotatable bonds is 3. The molecule has 0 atom stereocenters. The summed E-state index contributed by atoms with van der Waals surface area (Å²) >= 11 is 7.85. The van der Waals surface area contributed by atoms with E-state index in [1.54, 1.807) is 5.51 Å². The molecule has 4 nitrogen and oxygen atoms in total. The number of benzene rings is 1. The van der Waals surface area contributed by atoms with Crippen LogP contribution >= 0.6 is 22.9 Å². The van der Waals surface area contributed by atoms with Gasteiger partial charge in [-0.15, -0.1) is 11.3 Å². The average molecular weight is 306 g/mol. The SMILES string of the molecule is CC(=O)NCc1cc2cc(Cl)c(-c3cscn3)cc2[nH]1. The number of halogens is 1. The minimum atomic E-state index is -0.0511. The van der Waals surface area contributed by atoms with Gasteiger partial charge in [0.1, 0.15) is 0 Å². The van der Waals surface area contributed by atoms with E-state index in [0.717, 1.165) is 27.9 Å². The Hall–Kier alpha value is -1.85. The van der Waals surface area contributed by atoms with Crippen molar-refractivity contribution in [3.8, 4) is 11.3 Å². The zero-order chi connectivity index (χ0) is 14.1. The van der Waals surface area contributed by atoms with Crippen LogP contribution in [0.2, 0.25) is 5.02 Å². The number of thiazole rings is 1. The standard InChI is InChI=1S/C14H12ClN3OS/c1-8(19)16-5-10-2-9-3-12(15)11(4-13(9)18-10)14-6-20-7-17-14/h2-4,6-7,18H,5H2,1H3,(H,16,19). The van der Waals surface area contributed by atoms with Gasteiger partial charge in [-0.05, 0) is 18.2 Å². The molecule has 0 saturated heterocycles. The van der Waals surface area contributed by atoms with E-state index in [1.807, 2.05) is 23.6 Å². The lowest BCUT2D eigenvalue weighted by Gasteiger charge is -2.01. The summed E-state index contributed by atoms with van der Waals surface area (Å²) in [4.78, 5) is 18.5. The van der Waals surface area contributed by atoms with Gasteiger partial charge in [0.05, 0.1) is 22.8 Å². The molecule has 6 heteroatoms. The van der Waals surface area contributed by atoms with Crippen LogP contribution in [0.4, 0.5) is 0 Å². The van der Waals surface area contributed by atoms with Crippen molar-refractivity contribution in [1.82, 2.24) is 15.3 Å². The number of fused-ring (bicyclic) bond motifs is 1. The third kappa shape index (κ3) is 2.55. The van der Waals surface area contributed by atoms with Crippen LogP contribution in [0.25, 0.3) is 22.2 Å². The molecule has 2 aromatic heterocycles. The van der Waals surface area contributed by atoms with Crippen molar-refractivity contribution in [3.63, 3.8) is 0 Å². The number of hydrogen-bond acceptors (Lipinski definition) is 3. The molecule has 0 saturated carbocycles. The lowest BCUT2D eigenvalue weighted by molar-refractivity contribution is -0.119. The number of nitrogens with zero attached hydrogens (tertiary/aromatic N) is 1. The number of nitrogens with one attached hydrogen (secondary N) is 2. The van der Waals surface area contributed by atoms with Gasteiger partial charge in [0.2, 0.25) is 5.91 Å². The second kappa shape index (κ2) is 5.26. The van der Waals surface area contributed by atoms with Crippen molar-refractivity contribution in [1.29, 1.82) is 0 Å². The number of aromatic amines is 1. The third-order valence-corrected chi connectivity index (χ3v) is 3.90. The number of hydrogen-bond donors (Lipinski definition) is 2. The average Bonchev–Trinajstić information content (AvgIpc) is 3.03. The fourth-order valence-corrected chi connectivity index (χ4v) is 2.89. The van der Waals surface area contributed by atoms with Crippen LogP contribution in [-0.4, -0.2) is 15.9 Å². The van der Waals surface area contributed by atoms with Crippen LogP contribution in [0.15, 0.2) is 29.1 Å². The van der Waals surface area contributed by atoms with Crippen LogP contribution < -0.4 is 5.32 Å². The molecule has 0 fully saturated rings. The summed E-state index contributed by atoms with van der Waals surface area (Å²) in [6, 6.07) is 5.89. The van der Waals surface area contributed by atoms with Crippen molar-refractivity contribution in [2.24, 2.45) is 0 Å². The first kappa shape index (κ1) is 13.1. The zero-order valence-electron chi connectivity index (χ0n) is 10.7. The van der Waals surface area contributed by atoms with Gasteiger partial charge < -0.3 is 10.3 Å². The van der Waals surface area contributed by atoms with Gasteiger partial charge in [-0.1, -0.05) is 11.6 Å². The molecule has 0 radical (unpaired) electrons. The third-order valence-electron chi connectivity index (χ3n) is 3.00. The van der Waals surface area contributed by atoms with E-state index in [9.17, 15) is 4.79 Å². The zero-order valence-corrected chi connectivity index (χ0v) is 12.3. The molecular formula is C14H12ClN3OS. The van der Waals surface area contributed by atoms with Crippen molar-refractivity contribution in [3.05, 3.63) is 39.8 Å². The van der Waals surface area contributed by atoms with Crippen LogP contribution in [0, 0.1) is 0 Å². The predicted octanol–water partition coefficient (Wildman–Crippen LogP) is 3.58. The molecule has 0 aliphatic heterocycles. The highest BCUT2D eigenvalue weighted by Gasteiger charge is 2.09. The fourth-order valence-electron chi connectivity index (χ4n) is 2.07. The van der Waals surface area contributed by atoms with E-state index < -0.39 is 0 Å². The number of amides is 1. The first-order valence-corrected chi connectivity index (χ1v) is 7.39. The lowest BCUT2D eigenvalue weighted by Crippen LogP contribution is -2.18. The first-order chi connectivity index (χ1) is 9.63. The Morgan fingerprint density at radius 3 is 3.00 bits per heavy atom. The monoisotopic (exact) mass is 305 g/mol. The smallest absolute Gasteiger partial charge is 0.217 e. The summed E-state index contributed by atoms with van der Waals surface area (Å²) in [5, 5.41) is 6.43. The Bertz CT molecular complexity index is 764. The molecule has 0 bridgehead atoms. The molecule has 0 spiro atoms. The molecule has 3 rings (SSSR count). The number of aromatic nitrogens is 2. The normalized spacial score (nSPS) is 10.9. The largest absolute Gasteiger partial charge is 0.357 e. The summed E-state index contributed by atoms with van der Waals surface area (Å²) in [5.74, 6) is -0.0511. The number of carbonyl (C=O) groups is 1. The second-order valence-corrected chi connectivity index (χ2v) is 5.62. The van der Waals surface area contributed by atoms with Crippen LogP contribution in [0.5, 0.6) is 0 Å². The van der Waals surface area contributed by atoms with E-state index in [0.29, 0.717) is 11.6 Å². The van der Waals surface area contributed by atoms with E-state index in [-0.39, 0.29) is 5.91 Å². The van der Waals surface area contributed by atoms with Crippen LogP contribution in [0.1, 0.15) is 12.6 Å². The van der Waals surface area contributed by atoms with Gasteiger partial charge in [0.25, 0.3) is 0 Å². The molecule has 20 heavy (non-hydrogen) atoms. The Labute approximate surface area is 124 Å². The van der Waals surface area contributed by atoms with Gasteiger partial charge in [-0.25, -0.2) is 4.98 Å². The topological polar surface area (TPSA) is 57.8 Å². The van der Waals surface area contributed by atoms with Gasteiger partial charge in [0, 0.05) is 34.5 Å². The molecule has 102 valence electrons. The molecule has 0 aliphatic carbocycles. The summed E-state index contributed by atoms with van der Waals surface area (Å²) in [6.45, 7) is 1.98. The number of H-pyrrole nitrogens is 1. The molecule has 3 aromatic rings. The highest BCUT2D eigenvalue weighted by atomic mass is 35.5. The molecule has 1 aromatic carbocycles. The van der Waals surface area contributed by atoms with Crippen molar-refractivity contribution in [2.45, 2.75) is 13.5 Å². The van der Waals surface area contributed by atoms with Gasteiger partial charge in [0.15, 0.2) is 0 Å². The Morgan fingerprint density at radius 1 is 1.45 bits per heavy atom. The summed E-state index contributed by atoms with van der Waals surface area (Å²) in [7, 11) is 0. The minimum absolute atomic E-state index is 0.0511. The predicted molar refractivity (Wildman–Crippen MR) is 81.9 cm³/mol. The lowest BCUT2D eigenvalue weighted by atomic mass is 10.1. The molecule has 1 amide bonds. The van der Waals surface area contributed by atoms with E-state index in [4.69, 9.17) is 11.6 Å². The van der Waals surface area contributed by atoms with E-state index in [1.165, 1.54) is 18.3 Å². The Kier molecular flexibility index (Phi) is 3.46. The maximum atomic E-state index is 10.9. The molecule has 0 unspecified atom stereocenters. The van der Waals surface area contributed by atoms with Crippen molar-refractivity contribution in [2.75, 3.05) is 0 Å². The maximum absolute atomic E-state index is 10.9. The quantitative estimate of drug-likeness (QED) is 0.777. The molecular weight excluding hydrogens is 294 g/mol. The minimum Gasteiger partial charge on any atom is -0.357 e. The highest BCUT2D eigenvalue weighted by molar-refractivity contribution is 7.07. The van der Waals surface area contributed by atoms with Crippen molar-refractivity contribution >= 4 is 39.7 Å². The second-order valence-electron chi connectivity index (χ2n) is 4.50. The summed E-state index contributed by atoms with van der Waals surface area (Å²) in [6.07, 6.45) is 0. The Balaban J connectivity index is 2.00. The summed E-state index contributed by atoms with van der Waals surface area (Å²) < 4.78 is 0. The van der Waals surface area contributed by atoms with Crippen LogP contribution in [0.3, 0.4) is 0 Å². The molecule has 0 aliphatic rings. The molecule has 2 N–H and O–H groups in total. The van der Waals surface area contributed by atoms with Gasteiger partial charge in [-0.3, -0.25) is 4.79 Å². The van der Waals surface area contributed by atoms with Crippen LogP contribution in [-0.2, 0) is 11.3 Å². The maximum Gasteiger partial charge on any atom is 0.217 e. The summed E-state index contributed by atoms with van der Waals surface area (Å²) in [5.41, 5.74) is 5.50. The molecule has 2 heterocycles. The number of carbonyl (C=O) groups excluding carboxylic acids is 1. The van der Waals surface area contributed by atoms with Gasteiger partial charge in [-0.2, -0.15) is 0 Å². The van der Waals surface area contributed by atoms with Gasteiger partial charge >= 0.3 is 0 Å². The van der Waals surface area contributed by atoms with Crippen molar-refractivity contribution < 1.29 is 4.79 Å². The van der Waals surface area contributed by atoms with E-state index >= 15 is 0 Å².